The molecule has 0 saturated carbocycles. The van der Waals surface area contributed by atoms with Gasteiger partial charge in [-0.3, -0.25) is 4.79 Å². The number of halogens is 3. The van der Waals surface area contributed by atoms with Gasteiger partial charge in [0.15, 0.2) is 11.2 Å². The highest BCUT2D eigenvalue weighted by atomic mass is 32.1. The van der Waals surface area contributed by atoms with Crippen LogP contribution >= 0.6 is 22.7 Å². The van der Waals surface area contributed by atoms with Crippen LogP contribution in [0.1, 0.15) is 21.1 Å². The third kappa shape index (κ3) is 4.70. The van der Waals surface area contributed by atoms with Gasteiger partial charge < -0.3 is 15.0 Å². The third-order valence-electron chi connectivity index (χ3n) is 4.65. The molecule has 0 aromatic carbocycles. The number of carbonyl (C=O) groups is 1. The quantitative estimate of drug-likeness (QED) is 0.609. The van der Waals surface area contributed by atoms with Crippen LogP contribution in [0.25, 0.3) is 10.6 Å². The molecular formula is C19H18F3N5O2S2. The number of alkyl halides is 3. The highest BCUT2D eigenvalue weighted by molar-refractivity contribution is 7.16. The molecule has 1 aliphatic heterocycles. The van der Waals surface area contributed by atoms with Crippen LogP contribution in [0.4, 0.5) is 24.1 Å². The number of nitrogens with zero attached hydrogens (tertiary/aromatic N) is 4. The molecule has 31 heavy (non-hydrogen) atoms. The van der Waals surface area contributed by atoms with Gasteiger partial charge in [0, 0.05) is 18.1 Å². The number of hydrogen-bond donors (Lipinski definition) is 1. The first-order chi connectivity index (χ1) is 14.7. The summed E-state index contributed by atoms with van der Waals surface area (Å²) in [6.07, 6.45) is -3.29. The number of aryl methyl sites for hydroxylation is 2. The average Bonchev–Trinajstić information content (AvgIpc) is 3.32. The minimum absolute atomic E-state index is 0.0660. The first-order valence-corrected chi connectivity index (χ1v) is 11.0. The number of morpholine rings is 1. The van der Waals surface area contributed by atoms with Crippen molar-refractivity contribution in [1.82, 2.24) is 19.9 Å². The summed E-state index contributed by atoms with van der Waals surface area (Å²) >= 11 is 2.96. The van der Waals surface area contributed by atoms with Crippen molar-refractivity contribution in [2.45, 2.75) is 26.1 Å². The molecule has 12 heteroatoms. The fraction of sp³-hybridized carbons (Fsp3) is 0.368. The summed E-state index contributed by atoms with van der Waals surface area (Å²) in [6.45, 7) is 3.25. The van der Waals surface area contributed by atoms with E-state index in [1.165, 1.54) is 23.6 Å². The number of thiazole rings is 2. The van der Waals surface area contributed by atoms with E-state index < -0.39 is 24.7 Å². The number of hydrogen-bond acceptors (Lipinski definition) is 8. The highest BCUT2D eigenvalue weighted by Crippen LogP contribution is 2.33. The highest BCUT2D eigenvalue weighted by Gasteiger charge is 2.47. The fourth-order valence-corrected chi connectivity index (χ4v) is 4.86. The number of amides is 1. The number of ether oxygens (including phenoxy) is 1. The van der Waals surface area contributed by atoms with Gasteiger partial charge in [0.2, 0.25) is 0 Å². The molecule has 1 unspecified atom stereocenters. The first-order valence-electron chi connectivity index (χ1n) is 9.31. The predicted octanol–water partition coefficient (Wildman–Crippen LogP) is 4.43. The van der Waals surface area contributed by atoms with Gasteiger partial charge in [-0.15, -0.1) is 22.7 Å². The molecule has 4 rings (SSSR count). The summed E-state index contributed by atoms with van der Waals surface area (Å²) in [5, 5.41) is 6.54. The van der Waals surface area contributed by atoms with Crippen LogP contribution in [0.5, 0.6) is 0 Å². The van der Waals surface area contributed by atoms with Gasteiger partial charge in [-0.25, -0.2) is 15.0 Å². The van der Waals surface area contributed by atoms with Crippen molar-refractivity contribution in [3.05, 3.63) is 40.0 Å². The summed E-state index contributed by atoms with van der Waals surface area (Å²) < 4.78 is 44.6. The molecule has 4 heterocycles. The van der Waals surface area contributed by atoms with Crippen LogP contribution in [0.2, 0.25) is 0 Å². The van der Waals surface area contributed by atoms with Crippen LogP contribution in [0.3, 0.4) is 0 Å². The fourth-order valence-electron chi connectivity index (χ4n) is 3.19. The molecule has 0 bridgehead atoms. The lowest BCUT2D eigenvalue weighted by Crippen LogP contribution is -2.55. The molecular weight excluding hydrogens is 451 g/mol. The van der Waals surface area contributed by atoms with Gasteiger partial charge in [-0.05, 0) is 26.0 Å². The van der Waals surface area contributed by atoms with Crippen LogP contribution in [0, 0.1) is 13.8 Å². The molecule has 3 aromatic heterocycles. The summed E-state index contributed by atoms with van der Waals surface area (Å²) in [5.74, 6) is -0.291. The number of pyridine rings is 1. The number of carbonyl (C=O) groups excluding carboxylic acids is 1. The van der Waals surface area contributed by atoms with Crippen molar-refractivity contribution in [1.29, 1.82) is 0 Å². The zero-order valence-corrected chi connectivity index (χ0v) is 18.2. The number of nitrogens with one attached hydrogen (secondary N) is 1. The Hall–Kier alpha value is -2.57. The summed E-state index contributed by atoms with van der Waals surface area (Å²) in [5.41, 5.74) is 1.81. The number of aromatic nitrogens is 3. The molecule has 1 N–H and O–H groups in total. The second kappa shape index (κ2) is 8.52. The zero-order chi connectivity index (χ0) is 22.2. The zero-order valence-electron chi connectivity index (χ0n) is 16.6. The molecule has 1 aliphatic rings. The van der Waals surface area contributed by atoms with E-state index in [1.54, 1.807) is 17.4 Å². The van der Waals surface area contributed by atoms with E-state index in [9.17, 15) is 18.0 Å². The maximum Gasteiger partial charge on any atom is 0.411 e. The van der Waals surface area contributed by atoms with Gasteiger partial charge in [0.25, 0.3) is 5.91 Å². The van der Waals surface area contributed by atoms with E-state index in [-0.39, 0.29) is 18.7 Å². The molecule has 164 valence electrons. The number of rotatable bonds is 4. The molecule has 7 nitrogen and oxygen atoms in total. The summed E-state index contributed by atoms with van der Waals surface area (Å²) in [4.78, 5) is 27.5. The second-order valence-electron chi connectivity index (χ2n) is 6.87. The SMILES string of the molecule is Cc1nc(C)c(-c2csc(Nc3ccc(C(=O)N4CCOCC4C(F)(F)F)cn3)n2)s1. The molecule has 3 aromatic rings. The smallest absolute Gasteiger partial charge is 0.377 e. The standard InChI is InChI=1S/C19H18F3N5O2S2/c1-10-16(31-11(2)24-10)13-9-30-18(25-13)26-15-4-3-12(7-23-15)17(28)27-5-6-29-8-14(27)19(20,21)22/h3-4,7,9,14H,5-6,8H2,1-2H3,(H,23,25,26). The van der Waals surface area contributed by atoms with Crippen molar-refractivity contribution in [3.63, 3.8) is 0 Å². The van der Waals surface area contributed by atoms with E-state index in [0.717, 1.165) is 26.2 Å². The Morgan fingerprint density at radius 2 is 2.10 bits per heavy atom. The Morgan fingerprint density at radius 3 is 2.74 bits per heavy atom. The van der Waals surface area contributed by atoms with Gasteiger partial charge in [-0.1, -0.05) is 0 Å². The van der Waals surface area contributed by atoms with E-state index in [4.69, 9.17) is 4.74 Å². The second-order valence-corrected chi connectivity index (χ2v) is 8.93. The van der Waals surface area contributed by atoms with Crippen molar-refractivity contribution >= 4 is 39.5 Å². The normalized spacial score (nSPS) is 17.1. The Bertz CT molecular complexity index is 1080. The maximum atomic E-state index is 13.2. The Labute approximate surface area is 183 Å². The predicted molar refractivity (Wildman–Crippen MR) is 112 cm³/mol. The molecule has 1 atom stereocenters. The lowest BCUT2D eigenvalue weighted by molar-refractivity contribution is -0.202. The van der Waals surface area contributed by atoms with Gasteiger partial charge in [0.1, 0.15) is 5.82 Å². The van der Waals surface area contributed by atoms with Crippen LogP contribution in [-0.4, -0.2) is 57.7 Å². The Balaban J connectivity index is 1.46. The largest absolute Gasteiger partial charge is 0.411 e. The Morgan fingerprint density at radius 1 is 1.29 bits per heavy atom. The molecule has 1 fully saturated rings. The Kier molecular flexibility index (Phi) is 5.95. The van der Waals surface area contributed by atoms with Crippen molar-refractivity contribution in [2.75, 3.05) is 25.1 Å². The minimum atomic E-state index is -4.55. The van der Waals surface area contributed by atoms with E-state index in [1.807, 2.05) is 19.2 Å². The lowest BCUT2D eigenvalue weighted by atomic mass is 10.1. The molecule has 1 amide bonds. The van der Waals surface area contributed by atoms with Crippen molar-refractivity contribution in [3.8, 4) is 10.6 Å². The lowest BCUT2D eigenvalue weighted by Gasteiger charge is -2.36. The molecule has 1 saturated heterocycles. The van der Waals surface area contributed by atoms with Gasteiger partial charge >= 0.3 is 6.18 Å². The van der Waals surface area contributed by atoms with Crippen molar-refractivity contribution in [2.24, 2.45) is 0 Å². The van der Waals surface area contributed by atoms with Crippen LogP contribution in [0.15, 0.2) is 23.7 Å². The third-order valence-corrected chi connectivity index (χ3v) is 6.51. The monoisotopic (exact) mass is 469 g/mol. The van der Waals surface area contributed by atoms with E-state index >= 15 is 0 Å². The molecule has 0 radical (unpaired) electrons. The molecule has 0 spiro atoms. The van der Waals surface area contributed by atoms with E-state index in [2.05, 4.69) is 20.3 Å². The van der Waals surface area contributed by atoms with E-state index in [0.29, 0.717) is 10.9 Å². The average molecular weight is 470 g/mol. The van der Waals surface area contributed by atoms with Crippen LogP contribution < -0.4 is 5.32 Å². The summed E-state index contributed by atoms with van der Waals surface area (Å²) in [7, 11) is 0. The maximum absolute atomic E-state index is 13.2. The summed E-state index contributed by atoms with van der Waals surface area (Å²) in [6, 6.07) is 1.03. The molecule has 0 aliphatic carbocycles. The van der Waals surface area contributed by atoms with Gasteiger partial charge in [0.05, 0.1) is 40.0 Å². The van der Waals surface area contributed by atoms with Crippen LogP contribution in [-0.2, 0) is 4.74 Å². The minimum Gasteiger partial charge on any atom is -0.377 e. The van der Waals surface area contributed by atoms with Crippen molar-refractivity contribution < 1.29 is 22.7 Å². The first kappa shape index (κ1) is 21.7. The number of anilines is 2. The van der Waals surface area contributed by atoms with Gasteiger partial charge in [-0.2, -0.15) is 13.2 Å². The topological polar surface area (TPSA) is 80.2 Å².